The highest BCUT2D eigenvalue weighted by Crippen LogP contribution is 2.30. The van der Waals surface area contributed by atoms with Gasteiger partial charge in [0.2, 0.25) is 5.75 Å². The Morgan fingerprint density at radius 1 is 1.29 bits per heavy atom. The number of hydrogen-bond acceptors (Lipinski definition) is 8. The van der Waals surface area contributed by atoms with Gasteiger partial charge in [-0.15, -0.1) is 0 Å². The summed E-state index contributed by atoms with van der Waals surface area (Å²) in [6, 6.07) is 0.624. The average molecular weight is 437 g/mol. The van der Waals surface area contributed by atoms with Gasteiger partial charge in [0.25, 0.3) is 5.91 Å². The van der Waals surface area contributed by atoms with Crippen molar-refractivity contribution in [3.63, 3.8) is 0 Å². The second-order valence-electron chi connectivity index (χ2n) is 8.00. The lowest BCUT2D eigenvalue weighted by molar-refractivity contribution is -0.158. The first-order valence-corrected chi connectivity index (χ1v) is 10.6. The maximum absolute atomic E-state index is 12.9. The second-order valence-corrected chi connectivity index (χ2v) is 8.00. The molecular weight excluding hydrogens is 404 g/mol. The zero-order valence-electron chi connectivity index (χ0n) is 18.8. The van der Waals surface area contributed by atoms with Gasteiger partial charge in [-0.2, -0.15) is 0 Å². The zero-order valence-corrected chi connectivity index (χ0v) is 18.8. The molecule has 9 heteroatoms. The Morgan fingerprint density at radius 2 is 2.00 bits per heavy atom. The average Bonchev–Trinajstić information content (AvgIpc) is 2.76. The molecule has 1 aliphatic rings. The molecule has 1 N–H and O–H groups in total. The maximum atomic E-state index is 12.9. The van der Waals surface area contributed by atoms with Crippen molar-refractivity contribution in [3.05, 3.63) is 18.0 Å². The van der Waals surface area contributed by atoms with E-state index in [-0.39, 0.29) is 23.3 Å². The Balaban J connectivity index is 2.14. The van der Waals surface area contributed by atoms with E-state index in [0.717, 1.165) is 19.3 Å². The summed E-state index contributed by atoms with van der Waals surface area (Å²) in [4.78, 5) is 41.1. The molecule has 0 spiro atoms. The molecule has 2 rings (SSSR count). The Hall–Kier alpha value is -2.68. The van der Waals surface area contributed by atoms with Crippen LogP contribution in [0.5, 0.6) is 11.5 Å². The van der Waals surface area contributed by atoms with Crippen LogP contribution in [0.2, 0.25) is 0 Å². The van der Waals surface area contributed by atoms with E-state index >= 15 is 0 Å². The van der Waals surface area contributed by atoms with Gasteiger partial charge >= 0.3 is 11.9 Å². The van der Waals surface area contributed by atoms with Crippen molar-refractivity contribution in [2.75, 3.05) is 13.7 Å². The van der Waals surface area contributed by atoms with Crippen LogP contribution in [0.1, 0.15) is 63.9 Å². The molecular formula is C22H32N2O7. The molecule has 0 aliphatic carbocycles. The number of carbonyl (C=O) groups is 3. The number of esters is 2. The molecule has 1 amide bonds. The third-order valence-electron chi connectivity index (χ3n) is 4.84. The fourth-order valence-corrected chi connectivity index (χ4v) is 3.28. The van der Waals surface area contributed by atoms with Crippen LogP contribution in [-0.4, -0.2) is 54.8 Å². The standard InChI is InChI=1S/C22H32N2O7/c1-13(2)12-29-17-9-7-6-8-16(22(27)30-14(17)3)24-21(26)19-20(31-15(4)25)18(28-5)10-11-23-19/h10-11,13-14,16-17H,6-9,12H2,1-5H3,(H,24,26)/t14-,16-,17+/m0/s1. The largest absolute Gasteiger partial charge is 0.493 e. The normalized spacial score (nSPS) is 22.0. The molecule has 1 fully saturated rings. The number of rotatable bonds is 7. The van der Waals surface area contributed by atoms with E-state index in [1.54, 1.807) is 6.92 Å². The first kappa shape index (κ1) is 24.6. The Bertz CT molecular complexity index is 781. The molecule has 1 aromatic heterocycles. The van der Waals surface area contributed by atoms with Gasteiger partial charge in [0.15, 0.2) is 11.4 Å². The van der Waals surface area contributed by atoms with Crippen molar-refractivity contribution in [1.82, 2.24) is 10.3 Å². The van der Waals surface area contributed by atoms with Gasteiger partial charge in [0.1, 0.15) is 12.1 Å². The van der Waals surface area contributed by atoms with Crippen LogP contribution in [0.4, 0.5) is 0 Å². The van der Waals surface area contributed by atoms with Gasteiger partial charge in [-0.1, -0.05) is 26.7 Å². The summed E-state index contributed by atoms with van der Waals surface area (Å²) in [5.41, 5.74) is -0.145. The number of amides is 1. The van der Waals surface area contributed by atoms with Crippen molar-refractivity contribution >= 4 is 17.8 Å². The molecule has 2 heterocycles. The summed E-state index contributed by atoms with van der Waals surface area (Å²) in [5.74, 6) is -1.34. The maximum Gasteiger partial charge on any atom is 0.329 e. The smallest absolute Gasteiger partial charge is 0.329 e. The van der Waals surface area contributed by atoms with Crippen LogP contribution >= 0.6 is 0 Å². The topological polar surface area (TPSA) is 113 Å². The van der Waals surface area contributed by atoms with Crippen LogP contribution in [0, 0.1) is 5.92 Å². The first-order valence-electron chi connectivity index (χ1n) is 10.6. The van der Waals surface area contributed by atoms with Crippen LogP contribution in [-0.2, 0) is 19.1 Å². The number of carbonyl (C=O) groups excluding carboxylic acids is 3. The fourth-order valence-electron chi connectivity index (χ4n) is 3.28. The minimum atomic E-state index is -0.850. The van der Waals surface area contributed by atoms with E-state index in [0.29, 0.717) is 18.9 Å². The minimum absolute atomic E-state index is 0.0954. The molecule has 1 aliphatic heterocycles. The van der Waals surface area contributed by atoms with Gasteiger partial charge in [-0.3, -0.25) is 9.59 Å². The molecule has 0 radical (unpaired) electrons. The third kappa shape index (κ3) is 7.20. The molecule has 0 saturated carbocycles. The Labute approximate surface area is 182 Å². The highest BCUT2D eigenvalue weighted by atomic mass is 16.6. The molecule has 1 saturated heterocycles. The van der Waals surface area contributed by atoms with Gasteiger partial charge in [0, 0.05) is 25.8 Å². The molecule has 0 aromatic carbocycles. The summed E-state index contributed by atoms with van der Waals surface area (Å²) in [6.45, 7) is 7.73. The predicted octanol–water partition coefficient (Wildman–Crippen LogP) is 2.66. The number of nitrogens with one attached hydrogen (secondary N) is 1. The lowest BCUT2D eigenvalue weighted by Gasteiger charge is -2.25. The van der Waals surface area contributed by atoms with Crippen LogP contribution in [0.25, 0.3) is 0 Å². The molecule has 1 aromatic rings. The zero-order chi connectivity index (χ0) is 23.0. The number of pyridine rings is 1. The number of nitrogens with zero attached hydrogens (tertiary/aromatic N) is 1. The predicted molar refractivity (Wildman–Crippen MR) is 112 cm³/mol. The molecule has 3 atom stereocenters. The minimum Gasteiger partial charge on any atom is -0.493 e. The van der Waals surface area contributed by atoms with E-state index in [1.807, 2.05) is 0 Å². The van der Waals surface area contributed by atoms with Crippen LogP contribution in [0.15, 0.2) is 12.3 Å². The lowest BCUT2D eigenvalue weighted by atomic mass is 10.0. The second kappa shape index (κ2) is 11.6. The van der Waals surface area contributed by atoms with Crippen molar-refractivity contribution in [2.24, 2.45) is 5.92 Å². The number of hydrogen-bond donors (Lipinski definition) is 1. The first-order chi connectivity index (χ1) is 14.7. The van der Waals surface area contributed by atoms with E-state index in [9.17, 15) is 14.4 Å². The summed E-state index contributed by atoms with van der Waals surface area (Å²) < 4.78 is 21.8. The van der Waals surface area contributed by atoms with Gasteiger partial charge in [0.05, 0.1) is 13.2 Å². The van der Waals surface area contributed by atoms with Crippen molar-refractivity contribution in [1.29, 1.82) is 0 Å². The van der Waals surface area contributed by atoms with E-state index in [2.05, 4.69) is 24.1 Å². The summed E-state index contributed by atoms with van der Waals surface area (Å²) >= 11 is 0. The summed E-state index contributed by atoms with van der Waals surface area (Å²) in [5, 5.41) is 2.67. The van der Waals surface area contributed by atoms with Crippen molar-refractivity contribution in [3.8, 4) is 11.5 Å². The Kier molecular flexibility index (Phi) is 9.23. The SMILES string of the molecule is COc1ccnc(C(=O)N[C@H]2CCCC[C@@H](OCC(C)C)[C@H](C)OC2=O)c1OC(C)=O. The molecule has 31 heavy (non-hydrogen) atoms. The summed E-state index contributed by atoms with van der Waals surface area (Å²) in [7, 11) is 1.39. The molecule has 172 valence electrons. The fraction of sp³-hybridized carbons (Fsp3) is 0.636. The quantitative estimate of drug-likeness (QED) is 0.649. The molecule has 0 bridgehead atoms. The number of aromatic nitrogens is 1. The van der Waals surface area contributed by atoms with Gasteiger partial charge < -0.3 is 24.3 Å². The van der Waals surface area contributed by atoms with Crippen LogP contribution < -0.4 is 14.8 Å². The third-order valence-corrected chi connectivity index (χ3v) is 4.84. The lowest BCUT2D eigenvalue weighted by Crippen LogP contribution is -2.44. The van der Waals surface area contributed by atoms with Gasteiger partial charge in [-0.25, -0.2) is 9.78 Å². The van der Waals surface area contributed by atoms with Crippen molar-refractivity contribution < 1.29 is 33.3 Å². The van der Waals surface area contributed by atoms with E-state index < -0.39 is 30.0 Å². The monoisotopic (exact) mass is 436 g/mol. The van der Waals surface area contributed by atoms with Gasteiger partial charge in [-0.05, 0) is 25.7 Å². The van der Waals surface area contributed by atoms with E-state index in [1.165, 1.54) is 26.3 Å². The number of cyclic esters (lactones) is 1. The molecule has 0 unspecified atom stereocenters. The van der Waals surface area contributed by atoms with E-state index in [4.69, 9.17) is 18.9 Å². The highest BCUT2D eigenvalue weighted by Gasteiger charge is 2.31. The molecule has 9 nitrogen and oxygen atoms in total. The van der Waals surface area contributed by atoms with Crippen molar-refractivity contribution in [2.45, 2.75) is 71.6 Å². The van der Waals surface area contributed by atoms with Crippen LogP contribution in [0.3, 0.4) is 0 Å². The number of methoxy groups -OCH3 is 1. The Morgan fingerprint density at radius 3 is 2.65 bits per heavy atom. The number of ether oxygens (including phenoxy) is 4. The highest BCUT2D eigenvalue weighted by molar-refractivity contribution is 5.98. The summed E-state index contributed by atoms with van der Waals surface area (Å²) in [6.07, 6.45) is 3.49.